The Morgan fingerprint density at radius 3 is 2.53 bits per heavy atom. The predicted molar refractivity (Wildman–Crippen MR) is 72.6 cm³/mol. The molecule has 6 heteroatoms. The largest absolute Gasteiger partial charge is 0.304 e. The molecule has 0 aliphatic heterocycles. The number of benzene rings is 1. The second-order valence-electron chi connectivity index (χ2n) is 4.19. The Balaban J connectivity index is 2.40. The third-order valence-corrected chi connectivity index (χ3v) is 3.02. The molecule has 1 aromatic carbocycles. The molecule has 2 rings (SSSR count). The minimum atomic E-state index is -0.493. The van der Waals surface area contributed by atoms with E-state index in [1.165, 1.54) is 16.8 Å². The van der Waals surface area contributed by atoms with E-state index in [1.807, 2.05) is 0 Å². The average Bonchev–Trinajstić information content (AvgIpc) is 2.34. The van der Waals surface area contributed by atoms with Gasteiger partial charge in [-0.05, 0) is 24.6 Å². The maximum Gasteiger partial charge on any atom is 0.288 e. The van der Waals surface area contributed by atoms with Gasteiger partial charge < -0.3 is 4.57 Å². The number of aromatic nitrogens is 1. The van der Waals surface area contributed by atoms with Crippen LogP contribution in [0.1, 0.15) is 11.1 Å². The van der Waals surface area contributed by atoms with Gasteiger partial charge in [0.15, 0.2) is 0 Å². The molecule has 0 amide bonds. The van der Waals surface area contributed by atoms with Crippen molar-refractivity contribution in [2.24, 2.45) is 0 Å². The van der Waals surface area contributed by atoms with Gasteiger partial charge in [-0.1, -0.05) is 23.7 Å². The third kappa shape index (κ3) is 3.00. The molecule has 0 radical (unpaired) electrons. The molecule has 1 aromatic heterocycles. The first-order chi connectivity index (χ1) is 8.97. The van der Waals surface area contributed by atoms with Crippen LogP contribution in [0, 0.1) is 17.0 Å². The second-order valence-corrected chi connectivity index (χ2v) is 4.63. The summed E-state index contributed by atoms with van der Waals surface area (Å²) in [5.74, 6) is 0. The number of pyridine rings is 1. The predicted octanol–water partition coefficient (Wildman–Crippen LogP) is 2.77. The van der Waals surface area contributed by atoms with E-state index in [0.717, 1.165) is 5.56 Å². The molecule has 0 saturated heterocycles. The highest BCUT2D eigenvalue weighted by Crippen LogP contribution is 2.15. The molecule has 0 aliphatic rings. The van der Waals surface area contributed by atoms with E-state index in [0.29, 0.717) is 10.6 Å². The van der Waals surface area contributed by atoms with E-state index in [9.17, 15) is 14.9 Å². The highest BCUT2D eigenvalue weighted by Gasteiger charge is 2.13. The molecule has 0 atom stereocenters. The van der Waals surface area contributed by atoms with Crippen molar-refractivity contribution in [1.82, 2.24) is 4.57 Å². The summed E-state index contributed by atoms with van der Waals surface area (Å²) in [7, 11) is 0. The van der Waals surface area contributed by atoms with Gasteiger partial charge in [0.25, 0.3) is 11.2 Å². The Morgan fingerprint density at radius 1 is 1.32 bits per heavy atom. The molecule has 19 heavy (non-hydrogen) atoms. The highest BCUT2D eigenvalue weighted by molar-refractivity contribution is 6.30. The van der Waals surface area contributed by atoms with Gasteiger partial charge in [0, 0.05) is 16.7 Å². The van der Waals surface area contributed by atoms with Gasteiger partial charge in [0.2, 0.25) is 0 Å². The molecular formula is C13H11ClN2O3. The Kier molecular flexibility index (Phi) is 3.66. The Morgan fingerprint density at radius 2 is 1.95 bits per heavy atom. The summed E-state index contributed by atoms with van der Waals surface area (Å²) in [6.07, 6.45) is 1.27. The van der Waals surface area contributed by atoms with E-state index < -0.39 is 4.92 Å². The zero-order valence-corrected chi connectivity index (χ0v) is 10.9. The summed E-state index contributed by atoms with van der Waals surface area (Å²) in [5.41, 5.74) is 0.888. The molecule has 0 aliphatic carbocycles. The first kappa shape index (κ1) is 13.3. The second kappa shape index (κ2) is 5.24. The van der Waals surface area contributed by atoms with Gasteiger partial charge in [0.1, 0.15) is 0 Å². The van der Waals surface area contributed by atoms with Crippen LogP contribution in [0.5, 0.6) is 0 Å². The fourth-order valence-corrected chi connectivity index (χ4v) is 1.88. The molecule has 0 unspecified atom stereocenters. The van der Waals surface area contributed by atoms with Gasteiger partial charge >= 0.3 is 0 Å². The molecule has 1 heterocycles. The van der Waals surface area contributed by atoms with Crippen molar-refractivity contribution in [3.63, 3.8) is 0 Å². The van der Waals surface area contributed by atoms with Crippen molar-refractivity contribution in [2.45, 2.75) is 13.5 Å². The summed E-state index contributed by atoms with van der Waals surface area (Å²) >= 11 is 5.78. The molecule has 0 fully saturated rings. The maximum atomic E-state index is 11.8. The van der Waals surface area contributed by atoms with Crippen molar-refractivity contribution in [3.05, 3.63) is 73.1 Å². The zero-order chi connectivity index (χ0) is 14.0. The number of nitro groups is 1. The smallest absolute Gasteiger partial charge is 0.288 e. The lowest BCUT2D eigenvalue weighted by atomic mass is 10.2. The third-order valence-electron chi connectivity index (χ3n) is 2.77. The average molecular weight is 279 g/mol. The topological polar surface area (TPSA) is 65.1 Å². The minimum Gasteiger partial charge on any atom is -0.304 e. The molecule has 0 bridgehead atoms. The van der Waals surface area contributed by atoms with Gasteiger partial charge in [-0.3, -0.25) is 14.9 Å². The number of hydrogen-bond donors (Lipinski definition) is 0. The summed E-state index contributed by atoms with van der Waals surface area (Å²) < 4.78 is 1.31. The summed E-state index contributed by atoms with van der Waals surface area (Å²) in [6, 6.07) is 8.25. The van der Waals surface area contributed by atoms with E-state index >= 15 is 0 Å². The number of hydrogen-bond acceptors (Lipinski definition) is 3. The van der Waals surface area contributed by atoms with Crippen LogP contribution in [0.15, 0.2) is 41.3 Å². The fourth-order valence-electron chi connectivity index (χ4n) is 1.76. The van der Waals surface area contributed by atoms with Crippen LogP contribution in [-0.2, 0) is 6.54 Å². The number of nitrogens with zero attached hydrogens (tertiary/aromatic N) is 2. The Labute approximate surface area is 114 Å². The highest BCUT2D eigenvalue weighted by atomic mass is 35.5. The lowest BCUT2D eigenvalue weighted by molar-refractivity contribution is -0.385. The monoisotopic (exact) mass is 278 g/mol. The quantitative estimate of drug-likeness (QED) is 0.640. The van der Waals surface area contributed by atoms with Crippen LogP contribution in [0.3, 0.4) is 0 Å². The SMILES string of the molecule is Cc1cc(=O)n(Cc2ccc(Cl)cc2)cc1[N+](=O)[O-]. The van der Waals surface area contributed by atoms with Gasteiger partial charge in [0.05, 0.1) is 17.7 Å². The van der Waals surface area contributed by atoms with Crippen LogP contribution < -0.4 is 5.56 Å². The minimum absolute atomic E-state index is 0.0615. The van der Waals surface area contributed by atoms with E-state index in [2.05, 4.69) is 0 Å². The van der Waals surface area contributed by atoms with Gasteiger partial charge in [-0.25, -0.2) is 0 Å². The van der Waals surface area contributed by atoms with Crippen LogP contribution in [-0.4, -0.2) is 9.49 Å². The first-order valence-electron chi connectivity index (χ1n) is 5.57. The Hall–Kier alpha value is -2.14. The standard InChI is InChI=1S/C13H11ClN2O3/c1-9-6-13(17)15(8-12(9)16(18)19)7-10-2-4-11(14)5-3-10/h2-6,8H,7H2,1H3. The number of aryl methyl sites for hydroxylation is 1. The van der Waals surface area contributed by atoms with Gasteiger partial charge in [-0.2, -0.15) is 0 Å². The van der Waals surface area contributed by atoms with Crippen molar-refractivity contribution in [2.75, 3.05) is 0 Å². The van der Waals surface area contributed by atoms with E-state index in [-0.39, 0.29) is 17.8 Å². The molecular weight excluding hydrogens is 268 g/mol. The molecule has 98 valence electrons. The number of rotatable bonds is 3. The lowest BCUT2D eigenvalue weighted by Gasteiger charge is -2.07. The normalized spacial score (nSPS) is 10.4. The molecule has 5 nitrogen and oxygen atoms in total. The van der Waals surface area contributed by atoms with E-state index in [1.54, 1.807) is 31.2 Å². The molecule has 2 aromatic rings. The molecule has 0 N–H and O–H groups in total. The molecule has 0 saturated carbocycles. The van der Waals surface area contributed by atoms with Crippen molar-refractivity contribution >= 4 is 17.3 Å². The molecule has 0 spiro atoms. The fraction of sp³-hybridized carbons (Fsp3) is 0.154. The van der Waals surface area contributed by atoms with Gasteiger partial charge in [-0.15, -0.1) is 0 Å². The van der Waals surface area contributed by atoms with E-state index in [4.69, 9.17) is 11.6 Å². The van der Waals surface area contributed by atoms with Crippen molar-refractivity contribution < 1.29 is 4.92 Å². The van der Waals surface area contributed by atoms with Crippen molar-refractivity contribution in [3.8, 4) is 0 Å². The summed E-state index contributed by atoms with van der Waals surface area (Å²) in [4.78, 5) is 22.2. The first-order valence-corrected chi connectivity index (χ1v) is 5.95. The van der Waals surface area contributed by atoms with Crippen LogP contribution in [0.2, 0.25) is 5.02 Å². The van der Waals surface area contributed by atoms with Crippen LogP contribution >= 0.6 is 11.6 Å². The summed E-state index contributed by atoms with van der Waals surface area (Å²) in [6.45, 7) is 1.82. The summed E-state index contributed by atoms with van der Waals surface area (Å²) in [5, 5.41) is 11.5. The van der Waals surface area contributed by atoms with Crippen LogP contribution in [0.25, 0.3) is 0 Å². The maximum absolute atomic E-state index is 11.8. The van der Waals surface area contributed by atoms with Crippen LogP contribution in [0.4, 0.5) is 5.69 Å². The number of halogens is 1. The van der Waals surface area contributed by atoms with Crippen molar-refractivity contribution in [1.29, 1.82) is 0 Å². The zero-order valence-electron chi connectivity index (χ0n) is 10.2. The lowest BCUT2D eigenvalue weighted by Crippen LogP contribution is -2.20. The Bertz CT molecular complexity index is 677.